The van der Waals surface area contributed by atoms with E-state index in [4.69, 9.17) is 5.73 Å². The lowest BCUT2D eigenvalue weighted by molar-refractivity contribution is -0.113. The minimum Gasteiger partial charge on any atom is -0.365 e. The molecule has 8 heteroatoms. The molecule has 2 amide bonds. The van der Waals surface area contributed by atoms with Crippen LogP contribution in [0.2, 0.25) is 0 Å². The highest BCUT2D eigenvalue weighted by Crippen LogP contribution is 2.39. The van der Waals surface area contributed by atoms with Crippen LogP contribution in [0.25, 0.3) is 0 Å². The monoisotopic (exact) mass is 396 g/mol. The summed E-state index contributed by atoms with van der Waals surface area (Å²) >= 11 is 2.27. The highest BCUT2D eigenvalue weighted by atomic mass is 32.2. The summed E-state index contributed by atoms with van der Waals surface area (Å²) < 4.78 is 26.8. The summed E-state index contributed by atoms with van der Waals surface area (Å²) in [6.45, 7) is 2.15. The first-order valence-electron chi connectivity index (χ1n) is 8.17. The van der Waals surface area contributed by atoms with Crippen molar-refractivity contribution < 1.29 is 18.4 Å². The van der Waals surface area contributed by atoms with Crippen LogP contribution in [0.4, 0.5) is 13.8 Å². The van der Waals surface area contributed by atoms with Gasteiger partial charge in [-0.25, -0.2) is 8.78 Å². The first-order valence-corrected chi connectivity index (χ1v) is 9.97. The average molecular weight is 396 g/mol. The Kier molecular flexibility index (Phi) is 5.62. The van der Waals surface area contributed by atoms with Gasteiger partial charge in [-0.05, 0) is 48.9 Å². The maximum Gasteiger partial charge on any atom is 0.251 e. The molecule has 1 aromatic carbocycles. The first kappa shape index (κ1) is 18.8. The fourth-order valence-electron chi connectivity index (χ4n) is 2.99. The molecule has 0 radical (unpaired) electrons. The molecule has 3 N–H and O–H groups in total. The van der Waals surface area contributed by atoms with Crippen molar-refractivity contribution in [1.29, 1.82) is 0 Å². The number of carbonyl (C=O) groups excluding carboxylic acids is 2. The number of halogens is 2. The Morgan fingerprint density at radius 3 is 2.88 bits per heavy atom. The van der Waals surface area contributed by atoms with E-state index in [0.29, 0.717) is 16.5 Å². The van der Waals surface area contributed by atoms with Gasteiger partial charge in [-0.2, -0.15) is 0 Å². The van der Waals surface area contributed by atoms with Gasteiger partial charge in [0.15, 0.2) is 0 Å². The summed E-state index contributed by atoms with van der Waals surface area (Å²) in [5.74, 6) is -1.67. The van der Waals surface area contributed by atoms with E-state index in [1.165, 1.54) is 11.3 Å². The van der Waals surface area contributed by atoms with Gasteiger partial charge in [0, 0.05) is 9.77 Å². The molecular formula is C18H18F2N2O2S2. The maximum atomic E-state index is 13.6. The molecule has 2 aromatic rings. The quantitative estimate of drug-likeness (QED) is 0.751. The van der Waals surface area contributed by atoms with Crippen LogP contribution in [0.1, 0.15) is 34.1 Å². The van der Waals surface area contributed by atoms with E-state index in [1.807, 2.05) is 0 Å². The third-order valence-electron chi connectivity index (χ3n) is 4.26. The Morgan fingerprint density at radius 1 is 1.38 bits per heavy atom. The van der Waals surface area contributed by atoms with Gasteiger partial charge < -0.3 is 11.1 Å². The topological polar surface area (TPSA) is 72.2 Å². The van der Waals surface area contributed by atoms with Crippen molar-refractivity contribution in [3.63, 3.8) is 0 Å². The fraction of sp³-hybridized carbons (Fsp3) is 0.333. The van der Waals surface area contributed by atoms with Gasteiger partial charge in [0.25, 0.3) is 5.91 Å². The van der Waals surface area contributed by atoms with Crippen LogP contribution in [0, 0.1) is 17.6 Å². The number of nitrogens with one attached hydrogen (secondary N) is 1. The predicted octanol–water partition coefficient (Wildman–Crippen LogP) is 3.98. The number of fused-ring (bicyclic) bond motifs is 1. The number of thiophene rings is 1. The van der Waals surface area contributed by atoms with Gasteiger partial charge >= 0.3 is 0 Å². The van der Waals surface area contributed by atoms with E-state index in [0.717, 1.165) is 59.7 Å². The third-order valence-corrected chi connectivity index (χ3v) is 6.46. The smallest absolute Gasteiger partial charge is 0.251 e. The van der Waals surface area contributed by atoms with Crippen LogP contribution in [-0.2, 0) is 17.6 Å². The lowest BCUT2D eigenvalue weighted by atomic mass is 9.88. The highest BCUT2D eigenvalue weighted by molar-refractivity contribution is 8.00. The van der Waals surface area contributed by atoms with Gasteiger partial charge in [-0.3, -0.25) is 9.59 Å². The molecule has 1 aliphatic carbocycles. The maximum absolute atomic E-state index is 13.6. The molecule has 0 spiro atoms. The molecule has 1 aliphatic rings. The number of thioether (sulfide) groups is 1. The van der Waals surface area contributed by atoms with Gasteiger partial charge in [-0.15, -0.1) is 23.1 Å². The van der Waals surface area contributed by atoms with E-state index in [-0.39, 0.29) is 10.6 Å². The lowest BCUT2D eigenvalue weighted by Gasteiger charge is -2.18. The van der Waals surface area contributed by atoms with E-state index in [2.05, 4.69) is 12.2 Å². The molecule has 0 unspecified atom stereocenters. The number of primary amides is 1. The number of hydrogen-bond donors (Lipinski definition) is 2. The van der Waals surface area contributed by atoms with Crippen LogP contribution in [0.15, 0.2) is 23.1 Å². The van der Waals surface area contributed by atoms with Crippen molar-refractivity contribution in [3.05, 3.63) is 45.8 Å². The zero-order chi connectivity index (χ0) is 18.8. The van der Waals surface area contributed by atoms with Gasteiger partial charge in [0.05, 0.1) is 11.3 Å². The lowest BCUT2D eigenvalue weighted by Crippen LogP contribution is -2.20. The molecule has 1 atom stereocenters. The fourth-order valence-corrected chi connectivity index (χ4v) is 5.19. The summed E-state index contributed by atoms with van der Waals surface area (Å²) in [4.78, 5) is 25.2. The van der Waals surface area contributed by atoms with Gasteiger partial charge in [0.1, 0.15) is 16.6 Å². The number of nitrogens with two attached hydrogens (primary N) is 1. The van der Waals surface area contributed by atoms with E-state index in [1.54, 1.807) is 0 Å². The number of carbonyl (C=O) groups is 2. The molecule has 26 heavy (non-hydrogen) atoms. The summed E-state index contributed by atoms with van der Waals surface area (Å²) in [5.41, 5.74) is 6.83. The number of benzene rings is 1. The van der Waals surface area contributed by atoms with Crippen molar-refractivity contribution in [2.45, 2.75) is 31.1 Å². The molecule has 4 nitrogen and oxygen atoms in total. The van der Waals surface area contributed by atoms with Crippen molar-refractivity contribution in [1.82, 2.24) is 0 Å². The van der Waals surface area contributed by atoms with Gasteiger partial charge in [-0.1, -0.05) is 6.92 Å². The normalized spacial score (nSPS) is 16.2. The van der Waals surface area contributed by atoms with E-state index < -0.39 is 23.4 Å². The zero-order valence-electron chi connectivity index (χ0n) is 14.1. The molecule has 0 fully saturated rings. The number of hydrogen-bond acceptors (Lipinski definition) is 4. The molecule has 0 saturated heterocycles. The average Bonchev–Trinajstić information content (AvgIpc) is 2.92. The van der Waals surface area contributed by atoms with E-state index in [9.17, 15) is 18.4 Å². The second-order valence-corrected chi connectivity index (χ2v) is 8.45. The SMILES string of the molecule is C[C@@H]1CCc2c(sc(NC(=O)CSc3cc(F)ccc3F)c2C(N)=O)C1. The van der Waals surface area contributed by atoms with Crippen LogP contribution in [-0.4, -0.2) is 17.6 Å². The first-order chi connectivity index (χ1) is 12.3. The number of amides is 2. The van der Waals surface area contributed by atoms with Crippen molar-refractivity contribution >= 4 is 39.9 Å². The highest BCUT2D eigenvalue weighted by Gasteiger charge is 2.27. The molecule has 0 aliphatic heterocycles. The molecule has 0 bridgehead atoms. The van der Waals surface area contributed by atoms with Gasteiger partial charge in [0.2, 0.25) is 5.91 Å². The summed E-state index contributed by atoms with van der Waals surface area (Å²) in [5, 5.41) is 3.16. The van der Waals surface area contributed by atoms with Crippen LogP contribution >= 0.6 is 23.1 Å². The predicted molar refractivity (Wildman–Crippen MR) is 99.7 cm³/mol. The standard InChI is InChI=1S/C18H18F2N2O2S2/c1-9-2-4-11-13(6-9)26-18(16(11)17(21)24)22-15(23)8-25-14-7-10(19)3-5-12(14)20/h3,5,7,9H,2,4,6,8H2,1H3,(H2,21,24)(H,22,23)/t9-/m1/s1. The Hall–Kier alpha value is -1.93. The second kappa shape index (κ2) is 7.75. The summed E-state index contributed by atoms with van der Waals surface area (Å²) in [7, 11) is 0. The number of rotatable bonds is 5. The number of anilines is 1. The molecule has 0 saturated carbocycles. The molecule has 138 valence electrons. The minimum absolute atomic E-state index is 0.0644. The minimum atomic E-state index is -0.581. The Bertz CT molecular complexity index is 867. The molecule has 1 aromatic heterocycles. The van der Waals surface area contributed by atoms with E-state index >= 15 is 0 Å². The van der Waals surface area contributed by atoms with Crippen LogP contribution < -0.4 is 11.1 Å². The Balaban J connectivity index is 1.73. The third kappa shape index (κ3) is 4.07. The molecular weight excluding hydrogens is 378 g/mol. The van der Waals surface area contributed by atoms with Crippen LogP contribution in [0.3, 0.4) is 0 Å². The van der Waals surface area contributed by atoms with Crippen molar-refractivity contribution in [2.75, 3.05) is 11.1 Å². The largest absolute Gasteiger partial charge is 0.365 e. The summed E-state index contributed by atoms with van der Waals surface area (Å²) in [6, 6.07) is 3.10. The second-order valence-electron chi connectivity index (χ2n) is 6.33. The van der Waals surface area contributed by atoms with Crippen LogP contribution in [0.5, 0.6) is 0 Å². The molecule has 1 heterocycles. The van der Waals surface area contributed by atoms with Crippen molar-refractivity contribution in [2.24, 2.45) is 11.7 Å². The Morgan fingerprint density at radius 2 is 2.15 bits per heavy atom. The Labute approximate surface area is 158 Å². The summed E-state index contributed by atoms with van der Waals surface area (Å²) in [6.07, 6.45) is 2.61. The van der Waals surface area contributed by atoms with Crippen molar-refractivity contribution in [3.8, 4) is 0 Å². The molecule has 3 rings (SSSR count). The zero-order valence-corrected chi connectivity index (χ0v) is 15.7.